The van der Waals surface area contributed by atoms with Crippen LogP contribution < -0.4 is 4.74 Å². The van der Waals surface area contributed by atoms with Crippen LogP contribution in [0.3, 0.4) is 0 Å². The van der Waals surface area contributed by atoms with Crippen molar-refractivity contribution in [1.29, 1.82) is 0 Å². The maximum absolute atomic E-state index is 12.4. The highest BCUT2D eigenvalue weighted by Gasteiger charge is 2.28. The average Bonchev–Trinajstić information content (AvgIpc) is 3.18. The zero-order valence-corrected chi connectivity index (χ0v) is 20.7. The second-order valence-electron chi connectivity index (χ2n) is 9.18. The van der Waals surface area contributed by atoms with Crippen LogP contribution in [-0.2, 0) is 23.1 Å². The smallest absolute Gasteiger partial charge is 0.409 e. The first-order valence-corrected chi connectivity index (χ1v) is 11.8. The summed E-state index contributed by atoms with van der Waals surface area (Å²) in [6, 6.07) is 3.65. The molecule has 1 amide bonds. The summed E-state index contributed by atoms with van der Waals surface area (Å²) in [5, 5.41) is 17.7. The minimum Gasteiger partial charge on any atom is -0.489 e. The van der Waals surface area contributed by atoms with Crippen LogP contribution in [0.2, 0.25) is 0 Å². The minimum atomic E-state index is -0.762. The number of carboxylic acid groups (broad SMARTS) is 1. The molecule has 2 heterocycles. The Bertz CT molecular complexity index is 1010. The van der Waals surface area contributed by atoms with E-state index in [9.17, 15) is 14.7 Å². The van der Waals surface area contributed by atoms with Crippen LogP contribution in [0.15, 0.2) is 12.1 Å². The largest absolute Gasteiger partial charge is 0.489 e. The number of hydrogen-bond donors (Lipinski definition) is 1. The molecule has 0 aromatic carbocycles. The van der Waals surface area contributed by atoms with Crippen LogP contribution in [-0.4, -0.2) is 61.8 Å². The van der Waals surface area contributed by atoms with Crippen molar-refractivity contribution < 1.29 is 24.2 Å². The number of nitrogens with zero attached hydrogens (tertiary/aromatic N) is 5. The number of pyridine rings is 1. The molecule has 1 fully saturated rings. The van der Waals surface area contributed by atoms with Crippen LogP contribution in [0.1, 0.15) is 57.3 Å². The molecule has 1 aliphatic rings. The van der Waals surface area contributed by atoms with Gasteiger partial charge in [-0.05, 0) is 50.7 Å². The van der Waals surface area contributed by atoms with Gasteiger partial charge in [0.2, 0.25) is 0 Å². The van der Waals surface area contributed by atoms with E-state index in [-0.39, 0.29) is 18.6 Å². The third-order valence-corrected chi connectivity index (χ3v) is 6.38. The molecule has 186 valence electrons. The molecule has 3 atom stereocenters. The van der Waals surface area contributed by atoms with Crippen molar-refractivity contribution in [2.75, 3.05) is 13.7 Å². The second-order valence-corrected chi connectivity index (χ2v) is 9.18. The van der Waals surface area contributed by atoms with Gasteiger partial charge in [-0.3, -0.25) is 4.79 Å². The fourth-order valence-corrected chi connectivity index (χ4v) is 3.94. The van der Waals surface area contributed by atoms with Crippen LogP contribution in [0.5, 0.6) is 5.75 Å². The standard InChI is InChI=1S/C24H35N5O5/c1-6-15(2)14-33-24(32)28(4)13-20-22(26-27-29(20)5)19-10-11-21(16(3)25-19)34-18-9-7-8-17(12-18)23(30)31/h10-11,15,17-18H,6-9,12-14H2,1-5H3,(H,30,31)/t15?,17-,18-/m0/s1. The van der Waals surface area contributed by atoms with Crippen molar-refractivity contribution in [3.63, 3.8) is 0 Å². The van der Waals surface area contributed by atoms with Crippen LogP contribution in [0, 0.1) is 18.8 Å². The molecule has 10 nitrogen and oxygen atoms in total. The predicted molar refractivity (Wildman–Crippen MR) is 125 cm³/mol. The highest BCUT2D eigenvalue weighted by Crippen LogP contribution is 2.30. The van der Waals surface area contributed by atoms with Gasteiger partial charge in [-0.1, -0.05) is 25.5 Å². The van der Waals surface area contributed by atoms with E-state index in [2.05, 4.69) is 22.2 Å². The number of aryl methyl sites for hydroxylation is 2. The Morgan fingerprint density at radius 2 is 2.09 bits per heavy atom. The number of carbonyl (C=O) groups is 2. The lowest BCUT2D eigenvalue weighted by Crippen LogP contribution is -2.29. The summed E-state index contributed by atoms with van der Waals surface area (Å²) >= 11 is 0. The molecule has 0 spiro atoms. The molecule has 0 saturated heterocycles. The van der Waals surface area contributed by atoms with E-state index >= 15 is 0 Å². The number of rotatable bonds is 9. The molecule has 3 rings (SSSR count). The van der Waals surface area contributed by atoms with Gasteiger partial charge in [0.1, 0.15) is 11.4 Å². The van der Waals surface area contributed by atoms with Crippen molar-refractivity contribution in [3.05, 3.63) is 23.5 Å². The first-order valence-electron chi connectivity index (χ1n) is 11.8. The summed E-state index contributed by atoms with van der Waals surface area (Å²) < 4.78 is 13.1. The van der Waals surface area contributed by atoms with E-state index in [1.807, 2.05) is 26.0 Å². The molecule has 2 aromatic rings. The summed E-state index contributed by atoms with van der Waals surface area (Å²) in [5.74, 6) is -0.177. The van der Waals surface area contributed by atoms with Crippen molar-refractivity contribution in [2.45, 2.75) is 65.5 Å². The lowest BCUT2D eigenvalue weighted by molar-refractivity contribution is -0.143. The van der Waals surface area contributed by atoms with E-state index in [0.29, 0.717) is 48.2 Å². The van der Waals surface area contributed by atoms with Crippen LogP contribution in [0.25, 0.3) is 11.4 Å². The zero-order chi connectivity index (χ0) is 24.8. The van der Waals surface area contributed by atoms with Gasteiger partial charge in [0.15, 0.2) is 0 Å². The number of carboxylic acids is 1. The molecule has 0 radical (unpaired) electrons. The molecule has 10 heteroatoms. The number of amides is 1. The molecule has 1 aliphatic carbocycles. The summed E-state index contributed by atoms with van der Waals surface area (Å²) in [6.07, 6.45) is 3.28. The number of aliphatic carboxylic acids is 1. The van der Waals surface area contributed by atoms with E-state index < -0.39 is 12.1 Å². The third kappa shape index (κ3) is 6.24. The third-order valence-electron chi connectivity index (χ3n) is 6.38. The van der Waals surface area contributed by atoms with Gasteiger partial charge < -0.3 is 19.5 Å². The normalized spacial score (nSPS) is 18.9. The predicted octanol–water partition coefficient (Wildman–Crippen LogP) is 3.82. The second kappa shape index (κ2) is 11.3. The number of aromatic nitrogens is 4. The highest BCUT2D eigenvalue weighted by molar-refractivity contribution is 5.70. The molecule has 0 aliphatic heterocycles. The van der Waals surface area contributed by atoms with Crippen molar-refractivity contribution in [3.8, 4) is 17.1 Å². The van der Waals surface area contributed by atoms with E-state index in [4.69, 9.17) is 9.47 Å². The Balaban J connectivity index is 1.70. The van der Waals surface area contributed by atoms with Crippen molar-refractivity contribution >= 4 is 12.1 Å². The van der Waals surface area contributed by atoms with E-state index in [1.165, 1.54) is 4.90 Å². The number of carbonyl (C=O) groups excluding carboxylic acids is 1. The fraction of sp³-hybridized carbons (Fsp3) is 0.625. The highest BCUT2D eigenvalue weighted by atomic mass is 16.6. The summed E-state index contributed by atoms with van der Waals surface area (Å²) in [6.45, 7) is 6.60. The van der Waals surface area contributed by atoms with Gasteiger partial charge in [-0.15, -0.1) is 5.10 Å². The SMILES string of the molecule is CCC(C)COC(=O)N(C)Cc1c(-c2ccc(O[C@H]3CCC[C@H](C(=O)O)C3)c(C)n2)nnn1C. The molecular formula is C24H35N5O5. The maximum Gasteiger partial charge on any atom is 0.409 e. The Hall–Kier alpha value is -3.17. The monoisotopic (exact) mass is 473 g/mol. The lowest BCUT2D eigenvalue weighted by Gasteiger charge is -2.27. The summed E-state index contributed by atoms with van der Waals surface area (Å²) in [5.41, 5.74) is 2.64. The van der Waals surface area contributed by atoms with E-state index in [0.717, 1.165) is 25.0 Å². The molecule has 34 heavy (non-hydrogen) atoms. The van der Waals surface area contributed by atoms with Crippen LogP contribution in [0.4, 0.5) is 4.79 Å². The molecule has 0 bridgehead atoms. The molecule has 1 saturated carbocycles. The van der Waals surface area contributed by atoms with Crippen molar-refractivity contribution in [1.82, 2.24) is 24.9 Å². The fourth-order valence-electron chi connectivity index (χ4n) is 3.94. The summed E-state index contributed by atoms with van der Waals surface area (Å²) in [4.78, 5) is 29.9. The topological polar surface area (TPSA) is 120 Å². The lowest BCUT2D eigenvalue weighted by atomic mass is 9.87. The first-order chi connectivity index (χ1) is 16.2. The minimum absolute atomic E-state index is 0.136. The molecule has 1 N–H and O–H groups in total. The van der Waals surface area contributed by atoms with Gasteiger partial charge >= 0.3 is 12.1 Å². The zero-order valence-electron chi connectivity index (χ0n) is 20.7. The number of hydrogen-bond acceptors (Lipinski definition) is 7. The molecule has 2 aromatic heterocycles. The van der Waals surface area contributed by atoms with Gasteiger partial charge in [0.05, 0.1) is 42.3 Å². The Morgan fingerprint density at radius 1 is 1.32 bits per heavy atom. The number of ether oxygens (including phenoxy) is 2. The molecule has 1 unspecified atom stereocenters. The average molecular weight is 474 g/mol. The summed E-state index contributed by atoms with van der Waals surface area (Å²) in [7, 11) is 3.45. The Morgan fingerprint density at radius 3 is 2.76 bits per heavy atom. The van der Waals surface area contributed by atoms with Gasteiger partial charge in [0.25, 0.3) is 0 Å². The first kappa shape index (κ1) is 25.5. The van der Waals surface area contributed by atoms with Crippen molar-refractivity contribution in [2.24, 2.45) is 18.9 Å². The Labute approximate surface area is 200 Å². The van der Waals surface area contributed by atoms with Crippen LogP contribution >= 0.6 is 0 Å². The quantitative estimate of drug-likeness (QED) is 0.584. The maximum atomic E-state index is 12.4. The molecular weight excluding hydrogens is 438 g/mol. The van der Waals surface area contributed by atoms with Gasteiger partial charge in [-0.2, -0.15) is 0 Å². The van der Waals surface area contributed by atoms with E-state index in [1.54, 1.807) is 18.8 Å². The Kier molecular flexibility index (Phi) is 8.46. The van der Waals surface area contributed by atoms with Gasteiger partial charge in [-0.25, -0.2) is 14.5 Å². The van der Waals surface area contributed by atoms with Gasteiger partial charge in [0, 0.05) is 14.1 Å².